The maximum absolute atomic E-state index is 12.0. The van der Waals surface area contributed by atoms with Crippen molar-refractivity contribution in [2.24, 2.45) is 0 Å². The van der Waals surface area contributed by atoms with Crippen LogP contribution in [0.5, 0.6) is 11.5 Å². The molecule has 98 valence electrons. The molecule has 6 nitrogen and oxygen atoms in total. The van der Waals surface area contributed by atoms with Crippen molar-refractivity contribution in [2.45, 2.75) is 12.9 Å². The Hall–Kier alpha value is -1.73. The Morgan fingerprint density at radius 3 is 2.17 bits per heavy atom. The van der Waals surface area contributed by atoms with Crippen LogP contribution in [-0.4, -0.2) is 43.2 Å². The van der Waals surface area contributed by atoms with E-state index in [1.54, 1.807) is 18.2 Å². The van der Waals surface area contributed by atoms with E-state index in [1.165, 1.54) is 21.1 Å². The summed E-state index contributed by atoms with van der Waals surface area (Å²) in [6.07, 6.45) is 0. The number of methoxy groups -OCH3 is 2. The first-order valence-corrected chi connectivity index (χ1v) is 5.39. The first-order chi connectivity index (χ1) is 8.51. The summed E-state index contributed by atoms with van der Waals surface area (Å²) in [6, 6.07) is 4.94. The Labute approximate surface area is 106 Å². The fourth-order valence-corrected chi connectivity index (χ4v) is 1.43. The summed E-state index contributed by atoms with van der Waals surface area (Å²) >= 11 is 0. The van der Waals surface area contributed by atoms with Crippen LogP contribution in [0.4, 0.5) is 0 Å². The second kappa shape index (κ2) is 6.27. The molecule has 0 aromatic heterocycles. The second-order valence-corrected chi connectivity index (χ2v) is 3.71. The average molecular weight is 253 g/mol. The molecule has 0 saturated carbocycles. The average Bonchev–Trinajstić information content (AvgIpc) is 2.37. The van der Waals surface area contributed by atoms with Crippen molar-refractivity contribution < 1.29 is 24.3 Å². The van der Waals surface area contributed by atoms with Crippen LogP contribution in [0.25, 0.3) is 0 Å². The third-order valence-corrected chi connectivity index (χ3v) is 2.46. The lowest BCUT2D eigenvalue weighted by Crippen LogP contribution is -2.44. The van der Waals surface area contributed by atoms with Crippen molar-refractivity contribution in [1.29, 1.82) is 0 Å². The summed E-state index contributed by atoms with van der Waals surface area (Å²) in [5.41, 5.74) is 0.218. The highest BCUT2D eigenvalue weighted by Gasteiger charge is 2.24. The van der Waals surface area contributed by atoms with Crippen LogP contribution in [-0.2, 0) is 0 Å². The van der Waals surface area contributed by atoms with Gasteiger partial charge in [-0.3, -0.25) is 4.79 Å². The number of ether oxygens (including phenoxy) is 2. The maximum Gasteiger partial charge on any atom is 0.475 e. The predicted molar refractivity (Wildman–Crippen MR) is 66.7 cm³/mol. The van der Waals surface area contributed by atoms with E-state index in [4.69, 9.17) is 19.5 Å². The number of amides is 1. The van der Waals surface area contributed by atoms with E-state index < -0.39 is 19.0 Å². The summed E-state index contributed by atoms with van der Waals surface area (Å²) < 4.78 is 10.2. The molecule has 0 saturated heterocycles. The van der Waals surface area contributed by atoms with Gasteiger partial charge in [0.15, 0.2) is 0 Å². The van der Waals surface area contributed by atoms with E-state index in [0.29, 0.717) is 11.5 Å². The summed E-state index contributed by atoms with van der Waals surface area (Å²) in [5, 5.41) is 20.3. The monoisotopic (exact) mass is 253 g/mol. The standard InChI is InChI=1S/C11H16BNO5/c1-7(12(15)16)13-11(14)10-8(17-2)5-4-6-9(10)18-3/h4-7,15-16H,1-3H3,(H,13,14). The SMILES string of the molecule is COc1cccc(OC)c1C(=O)NC(C)B(O)O. The Morgan fingerprint density at radius 1 is 1.28 bits per heavy atom. The van der Waals surface area contributed by atoms with Crippen molar-refractivity contribution in [2.75, 3.05) is 14.2 Å². The van der Waals surface area contributed by atoms with Gasteiger partial charge in [-0.2, -0.15) is 0 Å². The van der Waals surface area contributed by atoms with Crippen molar-refractivity contribution in [3.63, 3.8) is 0 Å². The summed E-state index contributed by atoms with van der Waals surface area (Å²) in [7, 11) is 1.25. The number of carbonyl (C=O) groups excluding carboxylic acids is 1. The van der Waals surface area contributed by atoms with Crippen molar-refractivity contribution in [3.05, 3.63) is 23.8 Å². The highest BCUT2D eigenvalue weighted by molar-refractivity contribution is 6.43. The largest absolute Gasteiger partial charge is 0.496 e. The zero-order valence-electron chi connectivity index (χ0n) is 10.5. The van der Waals surface area contributed by atoms with Gasteiger partial charge < -0.3 is 24.8 Å². The molecule has 3 N–H and O–H groups in total. The van der Waals surface area contributed by atoms with Gasteiger partial charge in [-0.05, 0) is 19.1 Å². The molecule has 1 aromatic carbocycles. The van der Waals surface area contributed by atoms with Gasteiger partial charge in [-0.1, -0.05) is 6.07 Å². The molecular weight excluding hydrogens is 237 g/mol. The summed E-state index contributed by atoms with van der Waals surface area (Å²) in [6.45, 7) is 1.48. The molecule has 1 rings (SSSR count). The minimum Gasteiger partial charge on any atom is -0.496 e. The zero-order valence-corrected chi connectivity index (χ0v) is 10.5. The highest BCUT2D eigenvalue weighted by Crippen LogP contribution is 2.27. The van der Waals surface area contributed by atoms with Crippen LogP contribution >= 0.6 is 0 Å². The number of benzene rings is 1. The molecule has 1 aromatic rings. The van der Waals surface area contributed by atoms with Gasteiger partial charge >= 0.3 is 7.12 Å². The molecule has 0 spiro atoms. The maximum atomic E-state index is 12.0. The van der Waals surface area contributed by atoms with Gasteiger partial charge in [0.2, 0.25) is 0 Å². The quantitative estimate of drug-likeness (QED) is 0.634. The third-order valence-electron chi connectivity index (χ3n) is 2.46. The van der Waals surface area contributed by atoms with Crippen LogP contribution in [0.1, 0.15) is 17.3 Å². The van der Waals surface area contributed by atoms with Crippen LogP contribution in [0.2, 0.25) is 0 Å². The van der Waals surface area contributed by atoms with E-state index in [1.807, 2.05) is 0 Å². The van der Waals surface area contributed by atoms with E-state index in [0.717, 1.165) is 0 Å². The topological polar surface area (TPSA) is 88.0 Å². The van der Waals surface area contributed by atoms with Gasteiger partial charge in [0.05, 0.1) is 20.2 Å². The first-order valence-electron chi connectivity index (χ1n) is 5.39. The van der Waals surface area contributed by atoms with Crippen LogP contribution in [0.3, 0.4) is 0 Å². The molecule has 1 amide bonds. The minimum absolute atomic E-state index is 0.218. The second-order valence-electron chi connectivity index (χ2n) is 3.71. The number of nitrogens with one attached hydrogen (secondary N) is 1. The first kappa shape index (κ1) is 14.3. The lowest BCUT2D eigenvalue weighted by atomic mass is 9.81. The lowest BCUT2D eigenvalue weighted by molar-refractivity contribution is 0.0938. The van der Waals surface area contributed by atoms with Crippen LogP contribution < -0.4 is 14.8 Å². The van der Waals surface area contributed by atoms with Gasteiger partial charge in [-0.15, -0.1) is 0 Å². The zero-order chi connectivity index (χ0) is 13.7. The molecule has 0 aliphatic heterocycles. The molecule has 7 heteroatoms. The molecule has 0 aliphatic rings. The Bertz CT molecular complexity index is 402. The number of rotatable bonds is 5. The van der Waals surface area contributed by atoms with E-state index in [2.05, 4.69) is 5.32 Å². The molecule has 0 fully saturated rings. The van der Waals surface area contributed by atoms with Gasteiger partial charge in [0.1, 0.15) is 17.1 Å². The number of carbonyl (C=O) groups is 1. The molecule has 0 bridgehead atoms. The summed E-state index contributed by atoms with van der Waals surface area (Å²) in [4.78, 5) is 12.0. The van der Waals surface area contributed by atoms with E-state index >= 15 is 0 Å². The molecule has 0 aliphatic carbocycles. The van der Waals surface area contributed by atoms with Gasteiger partial charge in [0, 0.05) is 0 Å². The molecule has 0 radical (unpaired) electrons. The normalized spacial score (nSPS) is 11.6. The number of hydrogen-bond acceptors (Lipinski definition) is 5. The summed E-state index contributed by atoms with van der Waals surface area (Å²) in [5.74, 6) is -0.588. The Kier molecular flexibility index (Phi) is 5.00. The highest BCUT2D eigenvalue weighted by atomic mass is 16.5. The van der Waals surface area contributed by atoms with Crippen LogP contribution in [0.15, 0.2) is 18.2 Å². The molecule has 1 unspecified atom stereocenters. The minimum atomic E-state index is -1.63. The fourth-order valence-electron chi connectivity index (χ4n) is 1.43. The van der Waals surface area contributed by atoms with Crippen LogP contribution in [0, 0.1) is 0 Å². The van der Waals surface area contributed by atoms with Gasteiger partial charge in [-0.25, -0.2) is 0 Å². The van der Waals surface area contributed by atoms with E-state index in [-0.39, 0.29) is 5.56 Å². The van der Waals surface area contributed by atoms with E-state index in [9.17, 15) is 4.79 Å². The molecular formula is C11H16BNO5. The predicted octanol–water partition coefficient (Wildman–Crippen LogP) is -0.166. The fraction of sp³-hybridized carbons (Fsp3) is 0.364. The smallest absolute Gasteiger partial charge is 0.475 e. The third kappa shape index (κ3) is 3.15. The Balaban J connectivity index is 3.03. The molecule has 0 heterocycles. The van der Waals surface area contributed by atoms with Crippen molar-refractivity contribution in [3.8, 4) is 11.5 Å². The lowest BCUT2D eigenvalue weighted by Gasteiger charge is -2.16. The van der Waals surface area contributed by atoms with Gasteiger partial charge in [0.25, 0.3) is 5.91 Å². The number of hydrogen-bond donors (Lipinski definition) is 3. The van der Waals surface area contributed by atoms with Crippen molar-refractivity contribution in [1.82, 2.24) is 5.32 Å². The molecule has 18 heavy (non-hydrogen) atoms. The molecule has 1 atom stereocenters. The Morgan fingerprint density at radius 2 is 1.78 bits per heavy atom. The van der Waals surface area contributed by atoms with Crippen molar-refractivity contribution >= 4 is 13.0 Å².